The molecule has 0 bridgehead atoms. The summed E-state index contributed by atoms with van der Waals surface area (Å²) in [6.07, 6.45) is -8.66. The van der Waals surface area contributed by atoms with Gasteiger partial charge in [-0.1, -0.05) is 26.8 Å². The van der Waals surface area contributed by atoms with Crippen molar-refractivity contribution < 1.29 is 37.3 Å². The Morgan fingerprint density at radius 2 is 1.85 bits per heavy atom. The second-order valence-corrected chi connectivity index (χ2v) is 9.04. The third kappa shape index (κ3) is 5.22. The van der Waals surface area contributed by atoms with Gasteiger partial charge in [0.15, 0.2) is 6.10 Å². The van der Waals surface area contributed by atoms with Crippen molar-refractivity contribution in [3.63, 3.8) is 0 Å². The first kappa shape index (κ1) is 24.8. The molecule has 1 aliphatic carbocycles. The number of fused-ring (bicyclic) bond motifs is 1. The number of carbonyl (C=O) groups excluding carboxylic acids is 1. The fraction of sp³-hybridized carbons (Fsp3) is 0.435. The number of rotatable bonds is 4. The number of benzene rings is 2. The molecule has 0 spiro atoms. The lowest BCUT2D eigenvalue weighted by atomic mass is 9.84. The molecule has 2 aromatic rings. The third-order valence-electron chi connectivity index (χ3n) is 5.60. The minimum Gasteiger partial charge on any atom is -0.494 e. The van der Waals surface area contributed by atoms with Crippen molar-refractivity contribution in [2.24, 2.45) is 0 Å². The maximum atomic E-state index is 13.5. The van der Waals surface area contributed by atoms with E-state index >= 15 is 0 Å². The summed E-state index contributed by atoms with van der Waals surface area (Å²) < 4.78 is 58.5. The number of hydrogen-bond donors (Lipinski definition) is 4. The number of carbonyl (C=O) groups is 1. The minimum atomic E-state index is -4.95. The molecule has 0 aromatic heterocycles. The number of ether oxygens (including phenoxy) is 1. The molecular weight excluding hydrogens is 444 g/mol. The topological polar surface area (TPSA) is 90.8 Å². The number of hydrogen-bond acceptors (Lipinski definition) is 4. The summed E-state index contributed by atoms with van der Waals surface area (Å²) in [6, 6.07) is 5.03. The Kier molecular flexibility index (Phi) is 6.63. The van der Waals surface area contributed by atoms with Gasteiger partial charge in [-0.2, -0.15) is 13.2 Å². The fourth-order valence-electron chi connectivity index (χ4n) is 3.85. The first-order chi connectivity index (χ1) is 15.2. The standard InChI is InChI=1S/C23H26F4N2O4/c1-22(2,3)12-9-15(20(31)23(25,26)27)19(33-4)17(10-12)29-21(32)28-16-8-11-7-13(24)5-6-14(11)18(16)30/h5-7,9-10,16,18,20,30-31H,8H2,1-4H3,(H2,28,29,32)/t16?,18?,20-/m1/s1. The number of methoxy groups -OCH3 is 1. The van der Waals surface area contributed by atoms with Crippen molar-refractivity contribution in [2.75, 3.05) is 12.4 Å². The van der Waals surface area contributed by atoms with Crippen LogP contribution in [-0.4, -0.2) is 35.6 Å². The van der Waals surface area contributed by atoms with Crippen LogP contribution in [0.5, 0.6) is 5.75 Å². The first-order valence-electron chi connectivity index (χ1n) is 10.2. The van der Waals surface area contributed by atoms with E-state index in [1.165, 1.54) is 30.3 Å². The zero-order valence-electron chi connectivity index (χ0n) is 18.5. The Balaban J connectivity index is 1.90. The van der Waals surface area contributed by atoms with E-state index in [0.29, 0.717) is 16.7 Å². The average Bonchev–Trinajstić information content (AvgIpc) is 2.99. The summed E-state index contributed by atoms with van der Waals surface area (Å²) in [7, 11) is 1.13. The van der Waals surface area contributed by atoms with Gasteiger partial charge in [-0.25, -0.2) is 9.18 Å². The van der Waals surface area contributed by atoms with Gasteiger partial charge in [0.2, 0.25) is 0 Å². The van der Waals surface area contributed by atoms with Crippen LogP contribution in [0.2, 0.25) is 0 Å². The number of aliphatic hydroxyl groups excluding tert-OH is 2. The van der Waals surface area contributed by atoms with E-state index in [0.717, 1.165) is 7.11 Å². The predicted octanol–water partition coefficient (Wildman–Crippen LogP) is 4.51. The van der Waals surface area contributed by atoms with Crippen molar-refractivity contribution >= 4 is 11.7 Å². The number of amides is 2. The second-order valence-electron chi connectivity index (χ2n) is 9.04. The summed E-state index contributed by atoms with van der Waals surface area (Å²) in [6.45, 7) is 5.31. The molecule has 0 fully saturated rings. The lowest BCUT2D eigenvalue weighted by molar-refractivity contribution is -0.207. The summed E-state index contributed by atoms with van der Waals surface area (Å²) in [5.41, 5.74) is 0.265. The molecule has 6 nitrogen and oxygen atoms in total. The van der Waals surface area contributed by atoms with Crippen LogP contribution in [0.15, 0.2) is 30.3 Å². The summed E-state index contributed by atoms with van der Waals surface area (Å²) in [4.78, 5) is 12.7. The highest BCUT2D eigenvalue weighted by Gasteiger charge is 2.42. The third-order valence-corrected chi connectivity index (χ3v) is 5.60. The van der Waals surface area contributed by atoms with E-state index in [9.17, 15) is 32.6 Å². The van der Waals surface area contributed by atoms with Crippen LogP contribution < -0.4 is 15.4 Å². The van der Waals surface area contributed by atoms with Gasteiger partial charge in [-0.15, -0.1) is 0 Å². The number of aliphatic hydroxyl groups is 2. The van der Waals surface area contributed by atoms with Crippen molar-refractivity contribution in [3.8, 4) is 5.75 Å². The molecule has 180 valence electrons. The van der Waals surface area contributed by atoms with Gasteiger partial charge < -0.3 is 25.6 Å². The molecule has 0 heterocycles. The summed E-state index contributed by atoms with van der Waals surface area (Å²) in [5, 5.41) is 25.4. The largest absolute Gasteiger partial charge is 0.494 e. The van der Waals surface area contributed by atoms with Crippen LogP contribution in [-0.2, 0) is 11.8 Å². The predicted molar refractivity (Wildman–Crippen MR) is 114 cm³/mol. The van der Waals surface area contributed by atoms with Crippen molar-refractivity contribution in [1.29, 1.82) is 0 Å². The molecule has 0 saturated carbocycles. The molecule has 3 atom stereocenters. The molecule has 2 amide bonds. The van der Waals surface area contributed by atoms with Gasteiger partial charge in [0.05, 0.1) is 24.9 Å². The van der Waals surface area contributed by atoms with Gasteiger partial charge in [0, 0.05) is 5.56 Å². The highest BCUT2D eigenvalue weighted by Crippen LogP contribution is 2.43. The number of anilines is 1. The van der Waals surface area contributed by atoms with Gasteiger partial charge in [0.25, 0.3) is 0 Å². The summed E-state index contributed by atoms with van der Waals surface area (Å²) >= 11 is 0. The maximum absolute atomic E-state index is 13.5. The van der Waals surface area contributed by atoms with Crippen LogP contribution in [0.3, 0.4) is 0 Å². The van der Waals surface area contributed by atoms with Gasteiger partial charge in [0.1, 0.15) is 11.6 Å². The lowest BCUT2D eigenvalue weighted by Gasteiger charge is -2.26. The fourth-order valence-corrected chi connectivity index (χ4v) is 3.85. The maximum Gasteiger partial charge on any atom is 0.418 e. The SMILES string of the molecule is COc1c(NC(=O)NC2Cc3cc(F)ccc3C2O)cc(C(C)(C)C)cc1[C@@H](O)C(F)(F)F. The molecule has 10 heteroatoms. The lowest BCUT2D eigenvalue weighted by Crippen LogP contribution is -2.40. The Bertz CT molecular complexity index is 1050. The molecule has 0 radical (unpaired) electrons. The van der Waals surface area contributed by atoms with Crippen LogP contribution in [0.4, 0.5) is 28.0 Å². The monoisotopic (exact) mass is 470 g/mol. The number of nitrogens with one attached hydrogen (secondary N) is 2. The number of urea groups is 1. The van der Waals surface area contributed by atoms with Gasteiger partial charge in [-0.3, -0.25) is 0 Å². The first-order valence-corrected chi connectivity index (χ1v) is 10.2. The number of alkyl halides is 3. The smallest absolute Gasteiger partial charge is 0.418 e. The number of halogens is 4. The Morgan fingerprint density at radius 1 is 1.18 bits per heavy atom. The van der Waals surface area contributed by atoms with Crippen molar-refractivity contribution in [2.45, 2.75) is 57.0 Å². The molecule has 33 heavy (non-hydrogen) atoms. The van der Waals surface area contributed by atoms with Crippen LogP contribution in [0, 0.1) is 5.82 Å². The Labute approximate surface area is 188 Å². The molecule has 0 aliphatic heterocycles. The van der Waals surface area contributed by atoms with E-state index in [1.807, 2.05) is 0 Å². The highest BCUT2D eigenvalue weighted by atomic mass is 19.4. The zero-order chi connectivity index (χ0) is 24.7. The van der Waals surface area contributed by atoms with E-state index in [1.54, 1.807) is 20.8 Å². The average molecular weight is 470 g/mol. The zero-order valence-corrected chi connectivity index (χ0v) is 18.5. The van der Waals surface area contributed by atoms with Crippen molar-refractivity contribution in [1.82, 2.24) is 5.32 Å². The molecule has 1 aliphatic rings. The van der Waals surface area contributed by atoms with Crippen molar-refractivity contribution in [3.05, 3.63) is 58.4 Å². The Morgan fingerprint density at radius 3 is 2.42 bits per heavy atom. The van der Waals surface area contributed by atoms with Crippen LogP contribution in [0.25, 0.3) is 0 Å². The minimum absolute atomic E-state index is 0.0724. The summed E-state index contributed by atoms with van der Waals surface area (Å²) in [5.74, 6) is -0.800. The molecule has 4 N–H and O–H groups in total. The van der Waals surface area contributed by atoms with Crippen LogP contribution >= 0.6 is 0 Å². The van der Waals surface area contributed by atoms with Gasteiger partial charge in [-0.05, 0) is 52.8 Å². The van der Waals surface area contributed by atoms with Gasteiger partial charge >= 0.3 is 12.2 Å². The molecular formula is C23H26F4N2O4. The van der Waals surface area contributed by atoms with E-state index in [4.69, 9.17) is 4.74 Å². The second kappa shape index (κ2) is 8.83. The molecule has 0 saturated heterocycles. The van der Waals surface area contributed by atoms with Crippen LogP contribution in [0.1, 0.15) is 55.2 Å². The quantitative estimate of drug-likeness (QED) is 0.495. The highest BCUT2D eigenvalue weighted by molar-refractivity contribution is 5.92. The van der Waals surface area contributed by atoms with E-state index < -0.39 is 47.3 Å². The molecule has 2 aromatic carbocycles. The molecule has 3 rings (SSSR count). The normalized spacial score (nSPS) is 19.1. The Hall–Kier alpha value is -2.85. The van der Waals surface area contributed by atoms with E-state index in [-0.39, 0.29) is 17.9 Å². The van der Waals surface area contributed by atoms with E-state index in [2.05, 4.69) is 10.6 Å². The molecule has 2 unspecified atom stereocenters.